The van der Waals surface area contributed by atoms with Gasteiger partial charge < -0.3 is 7.95 Å². The fourth-order valence-corrected chi connectivity index (χ4v) is 0.306. The lowest BCUT2D eigenvalue weighted by Crippen LogP contribution is -1.82. The molecule has 3 nitrogen and oxygen atoms in total. The van der Waals surface area contributed by atoms with Crippen molar-refractivity contribution in [3.63, 3.8) is 0 Å². The number of rotatable bonds is 2. The van der Waals surface area contributed by atoms with E-state index in [1.807, 2.05) is 0 Å². The maximum atomic E-state index is 9.28. The van der Waals surface area contributed by atoms with E-state index in [9.17, 15) is 6.35 Å². The average Bonchev–Trinajstić information content (AvgIpc) is 1.41. The Morgan fingerprint density at radius 1 is 1.20 bits per heavy atom. The van der Waals surface area contributed by atoms with Gasteiger partial charge in [0.25, 0.3) is 0 Å². The van der Waals surface area contributed by atoms with Crippen molar-refractivity contribution in [2.75, 3.05) is 0 Å². The third kappa shape index (κ3) is 5.09. The quantitative estimate of drug-likeness (QED) is 0.412. The maximum absolute atomic E-state index is 9.28. The third-order valence-corrected chi connectivity index (χ3v) is 1.50. The van der Waals surface area contributed by atoms with Gasteiger partial charge in [0, 0.05) is 0 Å². The summed E-state index contributed by atoms with van der Waals surface area (Å²) in [5.41, 5.74) is 0. The Labute approximate surface area is 49.3 Å². The van der Waals surface area contributed by atoms with Crippen LogP contribution in [0.3, 0.4) is 0 Å². The SMILES string of the molecule is [O]=[Mg][O][Mg]=[O]. The Bertz CT molecular complexity index is 34.2. The molecule has 0 saturated heterocycles. The van der Waals surface area contributed by atoms with Crippen LogP contribution in [0.25, 0.3) is 0 Å². The van der Waals surface area contributed by atoms with Gasteiger partial charge in [0.15, 0.2) is 0 Å². The first-order valence-electron chi connectivity index (χ1n) is 1.15. The Morgan fingerprint density at radius 3 is 1.60 bits per heavy atom. The van der Waals surface area contributed by atoms with Crippen molar-refractivity contribution < 1.29 is 7.95 Å². The summed E-state index contributed by atoms with van der Waals surface area (Å²) in [6, 6.07) is 0. The van der Waals surface area contributed by atoms with E-state index in [1.165, 1.54) is 0 Å². The van der Waals surface area contributed by atoms with Crippen LogP contribution in [-0.2, 0) is 7.95 Å². The minimum Gasteiger partial charge on any atom is -0.688 e. The van der Waals surface area contributed by atoms with E-state index in [0.29, 0.717) is 0 Å². The lowest BCUT2D eigenvalue weighted by atomic mass is 15.7. The van der Waals surface area contributed by atoms with E-state index in [-0.39, 0.29) is 0 Å². The highest BCUT2D eigenvalue weighted by atomic mass is 24.6. The molecule has 0 aromatic carbocycles. The average molecular weight is 96.6 g/mol. The molecule has 5 heteroatoms. The molecule has 0 unspecified atom stereocenters. The van der Waals surface area contributed by atoms with Crippen LogP contribution >= 0.6 is 0 Å². The molecule has 0 spiro atoms. The largest absolute Gasteiger partial charge is 0.905 e. The number of hydrogen-bond donors (Lipinski definition) is 0. The normalized spacial score (nSPS) is 6.40. The van der Waals surface area contributed by atoms with Gasteiger partial charge in [0.2, 0.25) is 0 Å². The lowest BCUT2D eigenvalue weighted by Gasteiger charge is -1.64. The first kappa shape index (κ1) is 6.09. The van der Waals surface area contributed by atoms with E-state index >= 15 is 0 Å². The smallest absolute Gasteiger partial charge is 0.688 e. The summed E-state index contributed by atoms with van der Waals surface area (Å²) in [6.45, 7) is 0. The Morgan fingerprint density at radius 2 is 1.60 bits per heavy atom. The summed E-state index contributed by atoms with van der Waals surface area (Å²) in [7, 11) is 0. The molecule has 0 rings (SSSR count). The van der Waals surface area contributed by atoms with E-state index in [0.717, 1.165) is 0 Å². The van der Waals surface area contributed by atoms with Crippen LogP contribution in [0.5, 0.6) is 0 Å². The summed E-state index contributed by atoms with van der Waals surface area (Å²) < 4.78 is 22.6. The van der Waals surface area contributed by atoms with Gasteiger partial charge in [-0.3, -0.25) is 0 Å². The van der Waals surface area contributed by atoms with Crippen LogP contribution in [0.4, 0.5) is 0 Å². The van der Waals surface area contributed by atoms with E-state index in [4.69, 9.17) is 0 Å². The predicted octanol–water partition coefficient (Wildman–Crippen LogP) is -1.07. The second-order valence-corrected chi connectivity index (χ2v) is 2.54. The van der Waals surface area contributed by atoms with Crippen LogP contribution in [0.2, 0.25) is 0 Å². The van der Waals surface area contributed by atoms with Gasteiger partial charge in [-0.25, -0.2) is 0 Å². The molecule has 0 aliphatic rings. The van der Waals surface area contributed by atoms with Gasteiger partial charge in [0.1, 0.15) is 0 Å². The molecule has 0 aromatic rings. The van der Waals surface area contributed by atoms with E-state index < -0.39 is 41.5 Å². The third-order valence-electron chi connectivity index (χ3n) is 0.167. The summed E-state index contributed by atoms with van der Waals surface area (Å²) in [5.74, 6) is 0. The number of hydrogen-bond acceptors (Lipinski definition) is 3. The Hall–Kier alpha value is 1.09. The van der Waals surface area contributed by atoms with Crippen molar-refractivity contribution in [3.05, 3.63) is 0 Å². The van der Waals surface area contributed by atoms with Gasteiger partial charge in [-0.1, -0.05) is 0 Å². The predicted molar refractivity (Wildman–Crippen MR) is 14.0 cm³/mol. The lowest BCUT2D eigenvalue weighted by molar-refractivity contribution is 0.454. The highest BCUT2D eigenvalue weighted by molar-refractivity contribution is 6.23. The van der Waals surface area contributed by atoms with Crippen LogP contribution < -0.4 is 0 Å². The molecule has 22 valence electrons. The summed E-state index contributed by atoms with van der Waals surface area (Å²) >= 11 is -3.17. The zero-order valence-corrected chi connectivity index (χ0v) is 5.47. The molecule has 0 bridgehead atoms. The molecule has 0 fully saturated rings. The molecule has 5 heavy (non-hydrogen) atoms. The monoisotopic (exact) mass is 96.0 g/mol. The first-order chi connectivity index (χ1) is 2.41. The molecule has 0 saturated carbocycles. The maximum Gasteiger partial charge on any atom is 0.905 e. The zero-order valence-electron chi connectivity index (χ0n) is 2.64. The highest BCUT2D eigenvalue weighted by Gasteiger charge is 1.89. The van der Waals surface area contributed by atoms with Crippen molar-refractivity contribution in [1.82, 2.24) is 0 Å². The standard InChI is InChI=1S/2Mg.3O. The van der Waals surface area contributed by atoms with Gasteiger partial charge in [-0.15, -0.1) is 0 Å². The molecule has 0 aliphatic carbocycles. The fraction of sp³-hybridized carbons (Fsp3) is 0. The minimum atomic E-state index is -1.59. The van der Waals surface area contributed by atoms with Crippen LogP contribution in [0, 0.1) is 0 Å². The Kier molecular flexibility index (Phi) is 6.21. The van der Waals surface area contributed by atoms with Crippen molar-refractivity contribution in [3.8, 4) is 0 Å². The topological polar surface area (TPSA) is 43.4 Å². The summed E-state index contributed by atoms with van der Waals surface area (Å²) in [6.07, 6.45) is 0. The molecule has 0 atom stereocenters. The van der Waals surface area contributed by atoms with Crippen LogP contribution in [0.15, 0.2) is 0 Å². The molecule has 0 aromatic heterocycles. The molecule has 0 aliphatic heterocycles. The Balaban J connectivity index is 2.65. The first-order valence-corrected chi connectivity index (χ1v) is 3.46. The van der Waals surface area contributed by atoms with Gasteiger partial charge >= 0.3 is 41.5 Å². The second-order valence-electron chi connectivity index (χ2n) is 0.440. The summed E-state index contributed by atoms with van der Waals surface area (Å²) in [5, 5.41) is 0. The highest BCUT2D eigenvalue weighted by Crippen LogP contribution is 1.36. The summed E-state index contributed by atoms with van der Waals surface area (Å²) in [4.78, 5) is 0. The van der Waals surface area contributed by atoms with Crippen LogP contribution in [0.1, 0.15) is 0 Å². The second kappa shape index (κ2) is 5.09. The van der Waals surface area contributed by atoms with E-state index in [2.05, 4.69) is 1.60 Å². The molecule has 6 radical (unpaired) electrons. The van der Waals surface area contributed by atoms with Gasteiger partial charge in [-0.05, 0) is 0 Å². The molecule has 0 amide bonds. The zero-order chi connectivity index (χ0) is 4.12. The van der Waals surface area contributed by atoms with Gasteiger partial charge in [-0.2, -0.15) is 0 Å². The van der Waals surface area contributed by atoms with Gasteiger partial charge in [0.05, 0.1) is 0 Å². The minimum absolute atomic E-state index is 1.59. The molecule has 0 heterocycles. The molecular formula is Mg2O3. The van der Waals surface area contributed by atoms with Crippen LogP contribution in [-0.4, -0.2) is 41.5 Å². The van der Waals surface area contributed by atoms with Crippen molar-refractivity contribution in [2.45, 2.75) is 0 Å². The van der Waals surface area contributed by atoms with Crippen molar-refractivity contribution >= 4 is 41.5 Å². The molecule has 0 N–H and O–H groups in total. The fourth-order valence-electron chi connectivity index (χ4n) is 0.0340. The van der Waals surface area contributed by atoms with E-state index in [1.54, 1.807) is 0 Å². The molecular weight excluding hydrogens is 96.6 g/mol. The van der Waals surface area contributed by atoms with Crippen molar-refractivity contribution in [1.29, 1.82) is 0 Å². The van der Waals surface area contributed by atoms with Crippen molar-refractivity contribution in [2.24, 2.45) is 0 Å².